The van der Waals surface area contributed by atoms with Gasteiger partial charge in [-0.3, -0.25) is 24.5 Å². The summed E-state index contributed by atoms with van der Waals surface area (Å²) in [4.78, 5) is 57.3. The molecule has 1 aromatic carbocycles. The van der Waals surface area contributed by atoms with Crippen LogP contribution in [0.1, 0.15) is 69.9 Å². The standard InChI is InChI=1S/C25H30FN5O5/c1-7-10-31-20-19(22(33)30-23(31)34)15(12-17(28-20)13(2)3)21(32)27-14-8-9-16(26)18(11-14)29-24(35)36-25(4,5)6/h8-9,11-13H,7,10H2,1-6H3,(H,27,32)(H,29,35)(H,30,33,34). The van der Waals surface area contributed by atoms with Gasteiger partial charge in [0.25, 0.3) is 11.5 Å². The fourth-order valence-corrected chi connectivity index (χ4v) is 3.51. The molecule has 10 nitrogen and oxygen atoms in total. The van der Waals surface area contributed by atoms with Gasteiger partial charge in [-0.15, -0.1) is 0 Å². The molecule has 0 saturated heterocycles. The Bertz CT molecular complexity index is 1440. The van der Waals surface area contributed by atoms with E-state index < -0.39 is 34.7 Å². The Kier molecular flexibility index (Phi) is 7.61. The molecular weight excluding hydrogens is 469 g/mol. The Morgan fingerprint density at radius 3 is 2.47 bits per heavy atom. The lowest BCUT2D eigenvalue weighted by molar-refractivity contribution is 0.0635. The predicted octanol–water partition coefficient (Wildman–Crippen LogP) is 4.36. The minimum atomic E-state index is -0.855. The highest BCUT2D eigenvalue weighted by molar-refractivity contribution is 6.12. The molecule has 0 radical (unpaired) electrons. The molecular formula is C25H30FN5O5. The third-order valence-corrected chi connectivity index (χ3v) is 5.11. The van der Waals surface area contributed by atoms with Crippen LogP contribution < -0.4 is 21.9 Å². The van der Waals surface area contributed by atoms with Gasteiger partial charge in [-0.1, -0.05) is 20.8 Å². The van der Waals surface area contributed by atoms with Gasteiger partial charge < -0.3 is 10.1 Å². The number of aromatic amines is 1. The number of halogens is 1. The highest BCUT2D eigenvalue weighted by Gasteiger charge is 2.22. The second kappa shape index (κ2) is 10.3. The van der Waals surface area contributed by atoms with Gasteiger partial charge in [-0.05, 0) is 57.4 Å². The fraction of sp³-hybridized carbons (Fsp3) is 0.400. The molecule has 3 rings (SSSR count). The van der Waals surface area contributed by atoms with E-state index in [0.717, 1.165) is 6.07 Å². The van der Waals surface area contributed by atoms with E-state index in [1.165, 1.54) is 22.8 Å². The molecule has 0 unspecified atom stereocenters. The zero-order valence-electron chi connectivity index (χ0n) is 21.1. The van der Waals surface area contributed by atoms with Gasteiger partial charge in [0, 0.05) is 17.9 Å². The molecule has 192 valence electrons. The van der Waals surface area contributed by atoms with Crippen molar-refractivity contribution in [1.82, 2.24) is 14.5 Å². The van der Waals surface area contributed by atoms with Gasteiger partial charge in [0.05, 0.1) is 16.6 Å². The lowest BCUT2D eigenvalue weighted by atomic mass is 10.0. The summed E-state index contributed by atoms with van der Waals surface area (Å²) < 4.78 is 20.8. The first-order valence-electron chi connectivity index (χ1n) is 11.6. The minimum Gasteiger partial charge on any atom is -0.444 e. The number of pyridine rings is 1. The van der Waals surface area contributed by atoms with Crippen molar-refractivity contribution >= 4 is 34.4 Å². The Hall–Kier alpha value is -4.02. The maximum Gasteiger partial charge on any atom is 0.412 e. The molecule has 0 spiro atoms. The van der Waals surface area contributed by atoms with Crippen molar-refractivity contribution in [2.45, 2.75) is 66.0 Å². The van der Waals surface area contributed by atoms with E-state index in [0.29, 0.717) is 18.7 Å². The van der Waals surface area contributed by atoms with Gasteiger partial charge >= 0.3 is 11.8 Å². The number of rotatable bonds is 6. The number of aromatic nitrogens is 3. The van der Waals surface area contributed by atoms with Crippen molar-refractivity contribution in [3.05, 3.63) is 62.2 Å². The van der Waals surface area contributed by atoms with Crippen LogP contribution in [0, 0.1) is 5.82 Å². The summed E-state index contributed by atoms with van der Waals surface area (Å²) in [5.41, 5.74) is -1.50. The van der Waals surface area contributed by atoms with Crippen LogP contribution in [0.2, 0.25) is 0 Å². The summed E-state index contributed by atoms with van der Waals surface area (Å²) >= 11 is 0. The molecule has 2 heterocycles. The third-order valence-electron chi connectivity index (χ3n) is 5.11. The van der Waals surface area contributed by atoms with E-state index in [1.807, 2.05) is 20.8 Å². The first kappa shape index (κ1) is 26.6. The van der Waals surface area contributed by atoms with Gasteiger partial charge in [-0.2, -0.15) is 0 Å². The summed E-state index contributed by atoms with van der Waals surface area (Å²) in [7, 11) is 0. The molecule has 0 fully saturated rings. The van der Waals surface area contributed by atoms with Crippen molar-refractivity contribution < 1.29 is 18.7 Å². The Balaban J connectivity index is 2.05. The van der Waals surface area contributed by atoms with Crippen LogP contribution in [0.4, 0.5) is 20.6 Å². The van der Waals surface area contributed by atoms with E-state index >= 15 is 0 Å². The van der Waals surface area contributed by atoms with E-state index in [1.54, 1.807) is 20.8 Å². The van der Waals surface area contributed by atoms with Crippen LogP contribution in [-0.4, -0.2) is 32.1 Å². The highest BCUT2D eigenvalue weighted by atomic mass is 19.1. The predicted molar refractivity (Wildman–Crippen MR) is 135 cm³/mol. The Morgan fingerprint density at radius 1 is 1.17 bits per heavy atom. The minimum absolute atomic E-state index is 0.0146. The smallest absolute Gasteiger partial charge is 0.412 e. The van der Waals surface area contributed by atoms with Crippen LogP contribution in [0.3, 0.4) is 0 Å². The molecule has 2 aromatic heterocycles. The number of aryl methyl sites for hydroxylation is 1. The first-order valence-corrected chi connectivity index (χ1v) is 11.6. The number of anilines is 2. The van der Waals surface area contributed by atoms with Gasteiger partial charge in [0.2, 0.25) is 0 Å². The summed E-state index contributed by atoms with van der Waals surface area (Å²) in [5.74, 6) is -1.48. The van der Waals surface area contributed by atoms with Crippen LogP contribution >= 0.6 is 0 Å². The second-order valence-electron chi connectivity index (χ2n) is 9.63. The van der Waals surface area contributed by atoms with Gasteiger partial charge in [0.15, 0.2) is 5.65 Å². The fourth-order valence-electron chi connectivity index (χ4n) is 3.51. The first-order chi connectivity index (χ1) is 16.8. The SMILES string of the molecule is CCCn1c(=O)[nH]c(=O)c2c(C(=O)Nc3ccc(F)c(NC(=O)OC(C)(C)C)c3)cc(C(C)C)nc21. The average Bonchev–Trinajstić information content (AvgIpc) is 2.76. The lowest BCUT2D eigenvalue weighted by Gasteiger charge is -2.20. The van der Waals surface area contributed by atoms with Crippen molar-refractivity contribution in [3.8, 4) is 0 Å². The molecule has 0 aliphatic carbocycles. The van der Waals surface area contributed by atoms with Crippen LogP contribution in [-0.2, 0) is 11.3 Å². The van der Waals surface area contributed by atoms with Crippen molar-refractivity contribution in [2.75, 3.05) is 10.6 Å². The van der Waals surface area contributed by atoms with Crippen molar-refractivity contribution in [3.63, 3.8) is 0 Å². The number of nitrogens with zero attached hydrogens (tertiary/aromatic N) is 2. The quantitative estimate of drug-likeness (QED) is 0.461. The summed E-state index contributed by atoms with van der Waals surface area (Å²) in [5, 5.41) is 4.92. The number of nitrogens with one attached hydrogen (secondary N) is 3. The molecule has 0 atom stereocenters. The number of H-pyrrole nitrogens is 1. The number of benzene rings is 1. The van der Waals surface area contributed by atoms with E-state index in [9.17, 15) is 23.6 Å². The number of amides is 2. The van der Waals surface area contributed by atoms with E-state index in [4.69, 9.17) is 4.74 Å². The molecule has 0 saturated carbocycles. The average molecular weight is 500 g/mol. The molecule has 0 aliphatic heterocycles. The third kappa shape index (κ3) is 5.96. The zero-order valence-corrected chi connectivity index (χ0v) is 21.1. The number of hydrogen-bond acceptors (Lipinski definition) is 6. The molecule has 36 heavy (non-hydrogen) atoms. The normalized spacial score (nSPS) is 11.6. The summed E-state index contributed by atoms with van der Waals surface area (Å²) in [6.07, 6.45) is -0.244. The van der Waals surface area contributed by atoms with Crippen LogP contribution in [0.25, 0.3) is 11.0 Å². The van der Waals surface area contributed by atoms with Crippen LogP contribution in [0.5, 0.6) is 0 Å². The molecule has 0 aliphatic rings. The molecule has 3 N–H and O–H groups in total. The Labute approximate surface area is 206 Å². The number of ether oxygens (including phenoxy) is 1. The van der Waals surface area contributed by atoms with E-state index in [-0.39, 0.29) is 33.9 Å². The van der Waals surface area contributed by atoms with Crippen molar-refractivity contribution in [2.24, 2.45) is 0 Å². The molecule has 3 aromatic rings. The molecule has 0 bridgehead atoms. The number of fused-ring (bicyclic) bond motifs is 1. The number of carbonyl (C=O) groups is 2. The maximum atomic E-state index is 14.3. The van der Waals surface area contributed by atoms with Crippen LogP contribution in [0.15, 0.2) is 33.9 Å². The van der Waals surface area contributed by atoms with Gasteiger partial charge in [-0.25, -0.2) is 19.0 Å². The topological polar surface area (TPSA) is 135 Å². The largest absolute Gasteiger partial charge is 0.444 e. The monoisotopic (exact) mass is 499 g/mol. The number of carbonyl (C=O) groups excluding carboxylic acids is 2. The van der Waals surface area contributed by atoms with Crippen molar-refractivity contribution in [1.29, 1.82) is 0 Å². The summed E-state index contributed by atoms with van der Waals surface area (Å²) in [6.45, 7) is 10.9. The molecule has 2 amide bonds. The summed E-state index contributed by atoms with van der Waals surface area (Å²) in [6, 6.07) is 5.14. The van der Waals surface area contributed by atoms with Gasteiger partial charge in [0.1, 0.15) is 11.4 Å². The van der Waals surface area contributed by atoms with E-state index in [2.05, 4.69) is 20.6 Å². The molecule has 11 heteroatoms. The highest BCUT2D eigenvalue weighted by Crippen LogP contribution is 2.24. The lowest BCUT2D eigenvalue weighted by Crippen LogP contribution is -2.32. The Morgan fingerprint density at radius 2 is 1.86 bits per heavy atom. The second-order valence-corrected chi connectivity index (χ2v) is 9.63. The zero-order chi connectivity index (χ0) is 26.8. The number of hydrogen-bond donors (Lipinski definition) is 3. The maximum absolute atomic E-state index is 14.3.